The van der Waals surface area contributed by atoms with Crippen molar-refractivity contribution < 1.29 is 14.3 Å². The van der Waals surface area contributed by atoms with E-state index in [4.69, 9.17) is 10.00 Å². The molecule has 5 heteroatoms. The summed E-state index contributed by atoms with van der Waals surface area (Å²) in [7, 11) is 0. The van der Waals surface area contributed by atoms with Crippen LogP contribution in [0.15, 0.2) is 24.3 Å². The maximum atomic E-state index is 12.0. The average molecular weight is 286 g/mol. The van der Waals surface area contributed by atoms with Gasteiger partial charge in [0.1, 0.15) is 0 Å². The van der Waals surface area contributed by atoms with Gasteiger partial charge in [-0.05, 0) is 25.5 Å². The highest BCUT2D eigenvalue weighted by Crippen LogP contribution is 2.26. The summed E-state index contributed by atoms with van der Waals surface area (Å²) < 4.78 is 5.11. The Morgan fingerprint density at radius 2 is 2.14 bits per heavy atom. The quantitative estimate of drug-likeness (QED) is 0.614. The molecule has 0 bridgehead atoms. The average Bonchev–Trinajstić information content (AvgIpc) is 2.86. The van der Waals surface area contributed by atoms with E-state index in [1.54, 1.807) is 4.90 Å². The molecule has 0 aromatic heterocycles. The predicted molar refractivity (Wildman–Crippen MR) is 77.4 cm³/mol. The van der Waals surface area contributed by atoms with Gasteiger partial charge in [0.2, 0.25) is 5.91 Å². The molecule has 0 saturated carbocycles. The third kappa shape index (κ3) is 3.82. The Bertz CT molecular complexity index is 560. The summed E-state index contributed by atoms with van der Waals surface area (Å²) in [6.45, 7) is 2.58. The summed E-state index contributed by atoms with van der Waals surface area (Å²) in [5, 5.41) is 8.42. The number of aryl methyl sites for hydroxylation is 1. The first-order valence-electron chi connectivity index (χ1n) is 7.02. The van der Waals surface area contributed by atoms with Crippen molar-refractivity contribution in [2.75, 3.05) is 18.1 Å². The lowest BCUT2D eigenvalue weighted by Gasteiger charge is -2.16. The number of unbranched alkanes of at least 4 members (excludes halogenated alkanes) is 1. The molecular formula is C16H18N2O3. The molecule has 21 heavy (non-hydrogen) atoms. The Labute approximate surface area is 124 Å². The molecule has 2 rings (SSSR count). The number of nitrogens with zero attached hydrogens (tertiary/aromatic N) is 2. The molecule has 1 atom stereocenters. The number of amides is 1. The van der Waals surface area contributed by atoms with Gasteiger partial charge in [0.05, 0.1) is 18.6 Å². The third-order valence-corrected chi connectivity index (χ3v) is 3.48. The van der Waals surface area contributed by atoms with Gasteiger partial charge in [-0.15, -0.1) is 0 Å². The normalized spacial score (nSPS) is 17.6. The SMILES string of the molecule is Cc1ccc(N2CC(C(=O)OCCCC#N)CC2=O)cc1. The molecule has 1 aromatic rings. The molecule has 1 aliphatic heterocycles. The second kappa shape index (κ2) is 6.89. The summed E-state index contributed by atoms with van der Waals surface area (Å²) in [6, 6.07) is 9.64. The summed E-state index contributed by atoms with van der Waals surface area (Å²) in [5.74, 6) is -0.824. The number of hydrogen-bond acceptors (Lipinski definition) is 4. The van der Waals surface area contributed by atoms with Crippen LogP contribution < -0.4 is 4.90 Å². The third-order valence-electron chi connectivity index (χ3n) is 3.48. The highest BCUT2D eigenvalue weighted by Gasteiger charge is 2.36. The minimum Gasteiger partial charge on any atom is -0.465 e. The number of anilines is 1. The molecule has 0 radical (unpaired) electrons. The first-order chi connectivity index (χ1) is 10.1. The first-order valence-corrected chi connectivity index (χ1v) is 7.02. The van der Waals surface area contributed by atoms with Crippen molar-refractivity contribution in [3.05, 3.63) is 29.8 Å². The van der Waals surface area contributed by atoms with E-state index in [0.717, 1.165) is 11.3 Å². The van der Waals surface area contributed by atoms with Crippen LogP contribution in [-0.4, -0.2) is 25.0 Å². The minimum atomic E-state index is -0.416. The highest BCUT2D eigenvalue weighted by molar-refractivity contribution is 5.99. The van der Waals surface area contributed by atoms with Gasteiger partial charge in [0.15, 0.2) is 0 Å². The van der Waals surface area contributed by atoms with Crippen LogP contribution in [-0.2, 0) is 14.3 Å². The first kappa shape index (κ1) is 15.0. The molecule has 1 saturated heterocycles. The number of hydrogen-bond donors (Lipinski definition) is 0. The van der Waals surface area contributed by atoms with E-state index >= 15 is 0 Å². The van der Waals surface area contributed by atoms with E-state index in [0.29, 0.717) is 19.4 Å². The zero-order valence-corrected chi connectivity index (χ0v) is 12.0. The molecule has 1 heterocycles. The topological polar surface area (TPSA) is 70.4 Å². The van der Waals surface area contributed by atoms with E-state index in [9.17, 15) is 9.59 Å². The maximum absolute atomic E-state index is 12.0. The maximum Gasteiger partial charge on any atom is 0.311 e. The van der Waals surface area contributed by atoms with Crippen LogP contribution in [0.1, 0.15) is 24.8 Å². The summed E-state index contributed by atoms with van der Waals surface area (Å²) in [4.78, 5) is 25.6. The minimum absolute atomic E-state index is 0.0576. The van der Waals surface area contributed by atoms with Crippen molar-refractivity contribution >= 4 is 17.6 Å². The largest absolute Gasteiger partial charge is 0.465 e. The van der Waals surface area contributed by atoms with Crippen molar-refractivity contribution in [1.82, 2.24) is 0 Å². The molecule has 1 unspecified atom stereocenters. The summed E-state index contributed by atoms with van der Waals surface area (Å²) >= 11 is 0. The molecule has 0 aliphatic carbocycles. The number of nitriles is 1. The molecule has 1 fully saturated rings. The van der Waals surface area contributed by atoms with Crippen LogP contribution in [0.4, 0.5) is 5.69 Å². The Hall–Kier alpha value is -2.35. The van der Waals surface area contributed by atoms with Crippen molar-refractivity contribution in [3.63, 3.8) is 0 Å². The lowest BCUT2D eigenvalue weighted by atomic mass is 10.1. The standard InChI is InChI=1S/C16H18N2O3/c1-12-4-6-14(7-5-12)18-11-13(10-15(18)19)16(20)21-9-3-2-8-17/h4-7,13H,2-3,9-11H2,1H3. The molecule has 1 aromatic carbocycles. The van der Waals surface area contributed by atoms with Crippen LogP contribution in [0.25, 0.3) is 0 Å². The molecule has 5 nitrogen and oxygen atoms in total. The Morgan fingerprint density at radius 3 is 2.81 bits per heavy atom. The van der Waals surface area contributed by atoms with Crippen molar-refractivity contribution in [1.29, 1.82) is 5.26 Å². The van der Waals surface area contributed by atoms with E-state index in [1.165, 1.54) is 0 Å². The van der Waals surface area contributed by atoms with Gasteiger partial charge in [-0.3, -0.25) is 9.59 Å². The van der Waals surface area contributed by atoms with Gasteiger partial charge in [0.25, 0.3) is 0 Å². The van der Waals surface area contributed by atoms with Crippen LogP contribution in [0.3, 0.4) is 0 Å². The Balaban J connectivity index is 1.91. The van der Waals surface area contributed by atoms with Crippen molar-refractivity contribution in [2.45, 2.75) is 26.2 Å². The van der Waals surface area contributed by atoms with E-state index < -0.39 is 5.92 Å². The zero-order valence-electron chi connectivity index (χ0n) is 12.0. The van der Waals surface area contributed by atoms with Gasteiger partial charge < -0.3 is 9.64 Å². The van der Waals surface area contributed by atoms with E-state index in [-0.39, 0.29) is 24.9 Å². The van der Waals surface area contributed by atoms with Gasteiger partial charge >= 0.3 is 5.97 Å². The Morgan fingerprint density at radius 1 is 1.43 bits per heavy atom. The number of rotatable bonds is 5. The lowest BCUT2D eigenvalue weighted by Crippen LogP contribution is -2.26. The monoisotopic (exact) mass is 286 g/mol. The van der Waals surface area contributed by atoms with E-state index in [1.807, 2.05) is 37.3 Å². The van der Waals surface area contributed by atoms with Gasteiger partial charge in [0, 0.05) is 25.1 Å². The second-order valence-corrected chi connectivity index (χ2v) is 5.17. The van der Waals surface area contributed by atoms with Gasteiger partial charge in [-0.25, -0.2) is 0 Å². The fraction of sp³-hybridized carbons (Fsp3) is 0.438. The highest BCUT2D eigenvalue weighted by atomic mass is 16.5. The van der Waals surface area contributed by atoms with Gasteiger partial charge in [-0.1, -0.05) is 17.7 Å². The molecule has 0 N–H and O–H groups in total. The van der Waals surface area contributed by atoms with E-state index in [2.05, 4.69) is 0 Å². The number of esters is 1. The molecule has 1 amide bonds. The second-order valence-electron chi connectivity index (χ2n) is 5.17. The summed E-state index contributed by atoms with van der Waals surface area (Å²) in [6.07, 6.45) is 1.09. The van der Waals surface area contributed by atoms with Crippen molar-refractivity contribution in [2.24, 2.45) is 5.92 Å². The number of ether oxygens (including phenoxy) is 1. The van der Waals surface area contributed by atoms with Gasteiger partial charge in [-0.2, -0.15) is 5.26 Å². The predicted octanol–water partition coefficient (Wildman–Crippen LogP) is 2.19. The molecule has 1 aliphatic rings. The smallest absolute Gasteiger partial charge is 0.311 e. The van der Waals surface area contributed by atoms with Crippen molar-refractivity contribution in [3.8, 4) is 6.07 Å². The summed E-state index contributed by atoms with van der Waals surface area (Å²) in [5.41, 5.74) is 1.93. The number of carbonyl (C=O) groups is 2. The van der Waals surface area contributed by atoms with Crippen LogP contribution in [0.5, 0.6) is 0 Å². The number of benzene rings is 1. The van der Waals surface area contributed by atoms with Crippen LogP contribution in [0.2, 0.25) is 0 Å². The fourth-order valence-electron chi connectivity index (χ4n) is 2.28. The molecule has 0 spiro atoms. The number of carbonyl (C=O) groups excluding carboxylic acids is 2. The van der Waals surface area contributed by atoms with Crippen LogP contribution in [0, 0.1) is 24.2 Å². The molecule has 110 valence electrons. The van der Waals surface area contributed by atoms with Crippen LogP contribution >= 0.6 is 0 Å². The fourth-order valence-corrected chi connectivity index (χ4v) is 2.28. The Kier molecular flexibility index (Phi) is 4.94. The lowest BCUT2D eigenvalue weighted by molar-refractivity contribution is -0.148. The molecular weight excluding hydrogens is 268 g/mol. The zero-order chi connectivity index (χ0) is 15.2.